The van der Waals surface area contributed by atoms with E-state index in [1.54, 1.807) is 41.5 Å². The zero-order valence-electron chi connectivity index (χ0n) is 18.4. The number of nitrogens with one attached hydrogen (secondary N) is 1. The Labute approximate surface area is 174 Å². The third-order valence-corrected chi connectivity index (χ3v) is 7.51. The van der Waals surface area contributed by atoms with Crippen LogP contribution in [0, 0.1) is 0 Å². The van der Waals surface area contributed by atoms with Gasteiger partial charge in [0.25, 0.3) is 0 Å². The van der Waals surface area contributed by atoms with Crippen molar-refractivity contribution in [3.63, 3.8) is 0 Å². The summed E-state index contributed by atoms with van der Waals surface area (Å²) in [5.41, 5.74) is -1.39. The highest BCUT2D eigenvalue weighted by Gasteiger charge is 2.56. The Kier molecular flexibility index (Phi) is 6.91. The van der Waals surface area contributed by atoms with Gasteiger partial charge in [0.15, 0.2) is 4.75 Å². The van der Waals surface area contributed by atoms with Crippen LogP contribution in [0.2, 0.25) is 0 Å². The van der Waals surface area contributed by atoms with Crippen molar-refractivity contribution in [3.05, 3.63) is 0 Å². The highest BCUT2D eigenvalue weighted by atomic mass is 32.2. The van der Waals surface area contributed by atoms with Gasteiger partial charge in [-0.3, -0.25) is 4.79 Å². The van der Waals surface area contributed by atoms with E-state index in [2.05, 4.69) is 5.32 Å². The van der Waals surface area contributed by atoms with Gasteiger partial charge in [0, 0.05) is 26.2 Å². The predicted molar refractivity (Wildman–Crippen MR) is 109 cm³/mol. The topological polar surface area (TPSA) is 105 Å². The average molecular weight is 434 g/mol. The van der Waals surface area contributed by atoms with Crippen molar-refractivity contribution < 1.29 is 27.5 Å². The van der Waals surface area contributed by atoms with Crippen LogP contribution < -0.4 is 5.32 Å². The molecule has 2 fully saturated rings. The molecule has 0 aromatic heterocycles. The first-order valence-electron chi connectivity index (χ1n) is 10.1. The fraction of sp³-hybridized carbons (Fsp3) is 0.895. The lowest BCUT2D eigenvalue weighted by Gasteiger charge is -2.42. The molecule has 9 nitrogen and oxygen atoms in total. The zero-order chi connectivity index (χ0) is 22.1. The summed E-state index contributed by atoms with van der Waals surface area (Å²) in [4.78, 5) is 26.8. The molecular weight excluding hydrogens is 398 g/mol. The van der Waals surface area contributed by atoms with Gasteiger partial charge in [0.1, 0.15) is 11.2 Å². The highest BCUT2D eigenvalue weighted by Crippen LogP contribution is 2.34. The number of carbonyl (C=O) groups is 2. The Morgan fingerprint density at radius 2 is 1.34 bits per heavy atom. The molecule has 1 N–H and O–H groups in total. The van der Waals surface area contributed by atoms with Crippen molar-refractivity contribution in [1.29, 1.82) is 0 Å². The number of sulfonamides is 1. The Bertz CT molecular complexity index is 709. The molecule has 0 aliphatic carbocycles. The summed E-state index contributed by atoms with van der Waals surface area (Å²) in [5, 5.41) is 3.12. The molecule has 2 saturated heterocycles. The van der Waals surface area contributed by atoms with E-state index in [0.29, 0.717) is 13.1 Å². The van der Waals surface area contributed by atoms with Crippen LogP contribution in [0.3, 0.4) is 0 Å². The Morgan fingerprint density at radius 1 is 0.862 bits per heavy atom. The van der Waals surface area contributed by atoms with Crippen LogP contribution in [-0.2, 0) is 24.3 Å². The van der Waals surface area contributed by atoms with Crippen LogP contribution in [0.4, 0.5) is 4.79 Å². The van der Waals surface area contributed by atoms with Gasteiger partial charge in [-0.25, -0.2) is 13.2 Å². The highest BCUT2D eigenvalue weighted by molar-refractivity contribution is 7.91. The second kappa shape index (κ2) is 8.39. The van der Waals surface area contributed by atoms with E-state index in [1.807, 2.05) is 0 Å². The number of ether oxygens (including phenoxy) is 2. The Morgan fingerprint density at radius 3 is 1.79 bits per heavy atom. The Balaban J connectivity index is 2.17. The summed E-state index contributed by atoms with van der Waals surface area (Å²) >= 11 is 0. The first kappa shape index (κ1) is 23.9. The minimum atomic E-state index is -3.96. The van der Waals surface area contributed by atoms with E-state index in [4.69, 9.17) is 9.47 Å². The molecule has 0 spiro atoms. The van der Waals surface area contributed by atoms with E-state index < -0.39 is 38.0 Å². The van der Waals surface area contributed by atoms with Gasteiger partial charge in [0.2, 0.25) is 10.0 Å². The molecule has 0 unspecified atom stereocenters. The fourth-order valence-corrected chi connectivity index (χ4v) is 5.56. The third-order valence-electron chi connectivity index (χ3n) is 4.91. The lowest BCUT2D eigenvalue weighted by atomic mass is 9.96. The number of carbonyl (C=O) groups excluding carboxylic acids is 2. The molecule has 168 valence electrons. The maximum atomic E-state index is 13.6. The van der Waals surface area contributed by atoms with Crippen molar-refractivity contribution >= 4 is 22.1 Å². The zero-order valence-corrected chi connectivity index (χ0v) is 19.2. The molecule has 10 heteroatoms. The molecule has 2 heterocycles. The first-order valence-corrected chi connectivity index (χ1v) is 11.5. The molecule has 29 heavy (non-hydrogen) atoms. The number of esters is 1. The van der Waals surface area contributed by atoms with Gasteiger partial charge < -0.3 is 19.7 Å². The summed E-state index contributed by atoms with van der Waals surface area (Å²) in [6.45, 7) is 12.1. The van der Waals surface area contributed by atoms with Gasteiger partial charge in [0.05, 0.1) is 0 Å². The lowest BCUT2D eigenvalue weighted by Crippen LogP contribution is -2.62. The summed E-state index contributed by atoms with van der Waals surface area (Å²) in [5.74, 6) is -0.693. The van der Waals surface area contributed by atoms with Gasteiger partial charge in [-0.1, -0.05) is 0 Å². The minimum absolute atomic E-state index is 0.125. The first-order chi connectivity index (χ1) is 13.2. The number of hydrogen-bond donors (Lipinski definition) is 1. The summed E-state index contributed by atoms with van der Waals surface area (Å²) in [7, 11) is -3.96. The fourth-order valence-electron chi connectivity index (χ4n) is 3.45. The molecule has 1 amide bonds. The number of rotatable bonds is 3. The number of piperazine rings is 1. The van der Waals surface area contributed by atoms with Crippen LogP contribution in [-0.4, -0.2) is 84.9 Å². The molecule has 0 bridgehead atoms. The lowest BCUT2D eigenvalue weighted by molar-refractivity contribution is -0.159. The molecule has 0 aromatic rings. The van der Waals surface area contributed by atoms with Crippen molar-refractivity contribution in [2.24, 2.45) is 0 Å². The van der Waals surface area contributed by atoms with E-state index in [-0.39, 0.29) is 39.0 Å². The Hall–Kier alpha value is -1.39. The van der Waals surface area contributed by atoms with E-state index in [0.717, 1.165) is 0 Å². The third kappa shape index (κ3) is 5.61. The predicted octanol–water partition coefficient (Wildman–Crippen LogP) is 1.33. The molecule has 2 rings (SSSR count). The van der Waals surface area contributed by atoms with Gasteiger partial charge in [-0.05, 0) is 67.5 Å². The van der Waals surface area contributed by atoms with Gasteiger partial charge in [-0.15, -0.1) is 0 Å². The molecule has 0 saturated carbocycles. The summed E-state index contributed by atoms with van der Waals surface area (Å²) < 4.78 is 37.7. The molecule has 2 aliphatic rings. The van der Waals surface area contributed by atoms with E-state index >= 15 is 0 Å². The standard InChI is InChI=1S/C19H35N3O6S/c1-17(2,3)27-15(23)19(7-9-20-10-8-19)29(25,26)22-13-11-21(12-14-22)16(24)28-18(4,5)6/h20H,7-14H2,1-6H3. The molecule has 0 atom stereocenters. The second-order valence-corrected chi connectivity index (χ2v) is 11.9. The molecule has 0 radical (unpaired) electrons. The monoisotopic (exact) mass is 433 g/mol. The maximum Gasteiger partial charge on any atom is 0.410 e. The minimum Gasteiger partial charge on any atom is -0.459 e. The van der Waals surface area contributed by atoms with Crippen LogP contribution in [0.25, 0.3) is 0 Å². The largest absolute Gasteiger partial charge is 0.459 e. The molecule has 0 aromatic carbocycles. The summed E-state index contributed by atoms with van der Waals surface area (Å²) in [6.07, 6.45) is -0.133. The van der Waals surface area contributed by atoms with Crippen molar-refractivity contribution in [3.8, 4) is 0 Å². The van der Waals surface area contributed by atoms with Crippen LogP contribution >= 0.6 is 0 Å². The second-order valence-electron chi connectivity index (χ2n) is 9.62. The summed E-state index contributed by atoms with van der Waals surface area (Å²) in [6, 6.07) is 0. The van der Waals surface area contributed by atoms with E-state index in [9.17, 15) is 18.0 Å². The number of piperidine rings is 1. The van der Waals surface area contributed by atoms with Crippen LogP contribution in [0.15, 0.2) is 0 Å². The average Bonchev–Trinajstić information content (AvgIpc) is 2.59. The van der Waals surface area contributed by atoms with Crippen LogP contribution in [0.1, 0.15) is 54.4 Å². The smallest absolute Gasteiger partial charge is 0.410 e. The van der Waals surface area contributed by atoms with Crippen LogP contribution in [0.5, 0.6) is 0 Å². The van der Waals surface area contributed by atoms with Crippen molar-refractivity contribution in [2.75, 3.05) is 39.3 Å². The van der Waals surface area contributed by atoms with Gasteiger partial charge >= 0.3 is 12.1 Å². The number of nitrogens with zero attached hydrogens (tertiary/aromatic N) is 2. The van der Waals surface area contributed by atoms with Crippen molar-refractivity contribution in [2.45, 2.75) is 70.3 Å². The normalized spacial score (nSPS) is 21.5. The maximum absolute atomic E-state index is 13.6. The number of amides is 1. The van der Waals surface area contributed by atoms with Crippen molar-refractivity contribution in [1.82, 2.24) is 14.5 Å². The quantitative estimate of drug-likeness (QED) is 0.670. The molecule has 2 aliphatic heterocycles. The van der Waals surface area contributed by atoms with Gasteiger partial charge in [-0.2, -0.15) is 4.31 Å². The number of hydrogen-bond acceptors (Lipinski definition) is 7. The molecular formula is C19H35N3O6S. The SMILES string of the molecule is CC(C)(C)OC(=O)N1CCN(S(=O)(=O)C2(C(=O)OC(C)(C)C)CCNCC2)CC1. The van der Waals surface area contributed by atoms with E-state index in [1.165, 1.54) is 9.21 Å².